The summed E-state index contributed by atoms with van der Waals surface area (Å²) in [6.07, 6.45) is 4.10. The third-order valence-corrected chi connectivity index (χ3v) is 5.26. The summed E-state index contributed by atoms with van der Waals surface area (Å²) in [4.78, 5) is 13.6. The minimum absolute atomic E-state index is 0.199. The molecule has 1 aliphatic heterocycles. The number of hydrogen-bond acceptors (Lipinski definition) is 3. The number of carboxylic acid groups (broad SMARTS) is 1. The topological polar surface area (TPSA) is 52.6 Å². The molecular weight excluding hydrogens is 336 g/mol. The van der Waals surface area contributed by atoms with Gasteiger partial charge >= 0.3 is 5.97 Å². The van der Waals surface area contributed by atoms with Crippen LogP contribution in [0.2, 0.25) is 0 Å². The van der Waals surface area contributed by atoms with E-state index in [2.05, 4.69) is 52.7 Å². The van der Waals surface area contributed by atoms with Crippen molar-refractivity contribution < 1.29 is 9.90 Å². The van der Waals surface area contributed by atoms with Crippen LogP contribution in [0.1, 0.15) is 36.8 Å². The van der Waals surface area contributed by atoms with Gasteiger partial charge in [-0.2, -0.15) is 0 Å². The third kappa shape index (κ3) is 6.81. The van der Waals surface area contributed by atoms with Crippen molar-refractivity contribution >= 4 is 5.97 Å². The summed E-state index contributed by atoms with van der Waals surface area (Å²) in [6, 6.07) is 21.6. The van der Waals surface area contributed by atoms with Crippen molar-refractivity contribution in [3.8, 4) is 0 Å². The molecule has 2 atom stereocenters. The van der Waals surface area contributed by atoms with Crippen LogP contribution in [0.4, 0.5) is 0 Å². The number of hydrogen-bond donors (Lipinski definition) is 2. The quantitative estimate of drug-likeness (QED) is 0.710. The van der Waals surface area contributed by atoms with Gasteiger partial charge in [-0.15, -0.1) is 0 Å². The highest BCUT2D eigenvalue weighted by molar-refractivity contribution is 5.66. The number of benzene rings is 2. The zero-order chi connectivity index (χ0) is 18.9. The summed E-state index contributed by atoms with van der Waals surface area (Å²) in [6.45, 7) is 3.14. The standard InChI is InChI=1S/C23H30N2O2/c26-23(27)14-13-21(16-19-8-3-1-4-9-19)24-22-12-7-15-25(18-22)17-20-10-5-2-6-11-20/h1-6,8-11,21-22,24H,7,12-18H2,(H,26,27). The minimum Gasteiger partial charge on any atom is -0.481 e. The minimum atomic E-state index is -0.718. The van der Waals surface area contributed by atoms with Crippen molar-refractivity contribution in [1.29, 1.82) is 0 Å². The molecule has 2 aromatic rings. The SMILES string of the molecule is O=C(O)CCC(Cc1ccccc1)NC1CCCN(Cc2ccccc2)C1. The van der Waals surface area contributed by atoms with E-state index in [-0.39, 0.29) is 12.5 Å². The summed E-state index contributed by atoms with van der Waals surface area (Å²) in [7, 11) is 0. The summed E-state index contributed by atoms with van der Waals surface area (Å²) in [5.74, 6) is -0.718. The largest absolute Gasteiger partial charge is 0.481 e. The second-order valence-electron chi connectivity index (χ2n) is 7.55. The van der Waals surface area contributed by atoms with E-state index >= 15 is 0 Å². The first-order valence-electron chi connectivity index (χ1n) is 9.97. The molecule has 4 heteroatoms. The van der Waals surface area contributed by atoms with Gasteiger partial charge in [-0.1, -0.05) is 60.7 Å². The average molecular weight is 367 g/mol. The van der Waals surface area contributed by atoms with Gasteiger partial charge in [0.05, 0.1) is 0 Å². The van der Waals surface area contributed by atoms with Crippen LogP contribution in [0.15, 0.2) is 60.7 Å². The molecule has 0 radical (unpaired) electrons. The second-order valence-corrected chi connectivity index (χ2v) is 7.55. The number of piperidine rings is 1. The molecule has 1 fully saturated rings. The number of carboxylic acids is 1. The number of aliphatic carboxylic acids is 1. The fraction of sp³-hybridized carbons (Fsp3) is 0.435. The van der Waals surface area contributed by atoms with Crippen LogP contribution >= 0.6 is 0 Å². The smallest absolute Gasteiger partial charge is 0.303 e. The number of rotatable bonds is 9. The molecule has 0 bridgehead atoms. The van der Waals surface area contributed by atoms with Gasteiger partial charge in [0, 0.05) is 31.6 Å². The maximum absolute atomic E-state index is 11.1. The van der Waals surface area contributed by atoms with Crippen LogP contribution in [-0.4, -0.2) is 41.1 Å². The molecule has 0 aromatic heterocycles. The normalized spacial score (nSPS) is 18.9. The van der Waals surface area contributed by atoms with E-state index in [1.54, 1.807) is 0 Å². The predicted octanol–water partition coefficient (Wildman–Crippen LogP) is 3.72. The lowest BCUT2D eigenvalue weighted by atomic mass is 9.98. The Morgan fingerprint density at radius 2 is 1.74 bits per heavy atom. The lowest BCUT2D eigenvalue weighted by Gasteiger charge is -2.35. The van der Waals surface area contributed by atoms with Gasteiger partial charge in [0.1, 0.15) is 0 Å². The first-order valence-corrected chi connectivity index (χ1v) is 9.97. The Hall–Kier alpha value is -2.17. The molecule has 144 valence electrons. The van der Waals surface area contributed by atoms with Gasteiger partial charge < -0.3 is 10.4 Å². The zero-order valence-electron chi connectivity index (χ0n) is 15.9. The number of nitrogens with zero attached hydrogens (tertiary/aromatic N) is 1. The lowest BCUT2D eigenvalue weighted by molar-refractivity contribution is -0.137. The highest BCUT2D eigenvalue weighted by atomic mass is 16.4. The van der Waals surface area contributed by atoms with Crippen molar-refractivity contribution in [2.24, 2.45) is 0 Å². The molecule has 1 saturated heterocycles. The summed E-state index contributed by atoms with van der Waals surface area (Å²) < 4.78 is 0. The maximum atomic E-state index is 11.1. The fourth-order valence-corrected chi connectivity index (χ4v) is 3.95. The third-order valence-electron chi connectivity index (χ3n) is 5.26. The van der Waals surface area contributed by atoms with Crippen molar-refractivity contribution in [3.05, 3.63) is 71.8 Å². The monoisotopic (exact) mass is 366 g/mol. The van der Waals surface area contributed by atoms with Gasteiger partial charge in [0.15, 0.2) is 0 Å². The van der Waals surface area contributed by atoms with Crippen molar-refractivity contribution in [2.75, 3.05) is 13.1 Å². The average Bonchev–Trinajstić information content (AvgIpc) is 2.68. The Labute approximate surface area is 162 Å². The zero-order valence-corrected chi connectivity index (χ0v) is 15.9. The van der Waals surface area contributed by atoms with E-state index in [4.69, 9.17) is 5.11 Å². The van der Waals surface area contributed by atoms with E-state index in [0.29, 0.717) is 12.5 Å². The second kappa shape index (κ2) is 10.2. The number of nitrogens with one attached hydrogen (secondary N) is 1. The Balaban J connectivity index is 1.57. The molecule has 0 saturated carbocycles. The van der Waals surface area contributed by atoms with Crippen LogP contribution in [0.25, 0.3) is 0 Å². The van der Waals surface area contributed by atoms with E-state index in [1.165, 1.54) is 17.5 Å². The van der Waals surface area contributed by atoms with Crippen LogP contribution in [0.5, 0.6) is 0 Å². The van der Waals surface area contributed by atoms with Crippen molar-refractivity contribution in [1.82, 2.24) is 10.2 Å². The Morgan fingerprint density at radius 3 is 2.41 bits per heavy atom. The van der Waals surface area contributed by atoms with E-state index in [0.717, 1.165) is 32.5 Å². The predicted molar refractivity (Wildman–Crippen MR) is 109 cm³/mol. The molecule has 1 aliphatic rings. The number of carbonyl (C=O) groups is 1. The first-order chi connectivity index (χ1) is 13.2. The molecule has 2 N–H and O–H groups in total. The molecule has 1 heterocycles. The first kappa shape index (κ1) is 19.6. The van der Waals surface area contributed by atoms with Crippen LogP contribution in [0, 0.1) is 0 Å². The van der Waals surface area contributed by atoms with Crippen LogP contribution in [0.3, 0.4) is 0 Å². The maximum Gasteiger partial charge on any atom is 0.303 e. The molecule has 2 aromatic carbocycles. The Morgan fingerprint density at radius 1 is 1.07 bits per heavy atom. The van der Waals surface area contributed by atoms with Crippen molar-refractivity contribution in [2.45, 2.75) is 50.7 Å². The highest BCUT2D eigenvalue weighted by Gasteiger charge is 2.23. The van der Waals surface area contributed by atoms with Crippen LogP contribution in [-0.2, 0) is 17.8 Å². The molecule has 0 amide bonds. The lowest BCUT2D eigenvalue weighted by Crippen LogP contribution is -2.49. The highest BCUT2D eigenvalue weighted by Crippen LogP contribution is 2.16. The molecule has 0 spiro atoms. The Kier molecular flexibility index (Phi) is 7.43. The van der Waals surface area contributed by atoms with Gasteiger partial charge in [0.25, 0.3) is 0 Å². The molecule has 27 heavy (non-hydrogen) atoms. The fourth-order valence-electron chi connectivity index (χ4n) is 3.95. The van der Waals surface area contributed by atoms with E-state index in [9.17, 15) is 4.79 Å². The van der Waals surface area contributed by atoms with Crippen molar-refractivity contribution in [3.63, 3.8) is 0 Å². The van der Waals surface area contributed by atoms with E-state index in [1.807, 2.05) is 18.2 Å². The molecule has 0 aliphatic carbocycles. The van der Waals surface area contributed by atoms with E-state index < -0.39 is 5.97 Å². The molecule has 4 nitrogen and oxygen atoms in total. The summed E-state index contributed by atoms with van der Waals surface area (Å²) in [5.41, 5.74) is 2.61. The molecule has 2 unspecified atom stereocenters. The van der Waals surface area contributed by atoms with Gasteiger partial charge in [0.2, 0.25) is 0 Å². The molecular formula is C23H30N2O2. The van der Waals surface area contributed by atoms with Crippen LogP contribution < -0.4 is 5.32 Å². The van der Waals surface area contributed by atoms with Gasteiger partial charge in [-0.05, 0) is 43.4 Å². The Bertz CT molecular complexity index is 690. The summed E-state index contributed by atoms with van der Waals surface area (Å²) >= 11 is 0. The summed E-state index contributed by atoms with van der Waals surface area (Å²) in [5, 5.41) is 12.9. The molecule has 3 rings (SSSR count). The van der Waals surface area contributed by atoms with Gasteiger partial charge in [-0.25, -0.2) is 0 Å². The number of likely N-dealkylation sites (tertiary alicyclic amines) is 1. The van der Waals surface area contributed by atoms with Gasteiger partial charge in [-0.3, -0.25) is 9.69 Å².